The molecule has 6 nitrogen and oxygen atoms in total. The maximum atomic E-state index is 11.7. The van der Waals surface area contributed by atoms with Crippen LogP contribution < -0.4 is 0 Å². The standard InChI is InChI=1S/C16H20O6S2/c1-8(2)15-11(5)14(24(20,21)22)7-12-6-13(23(17,18)19)9(3)10(4)16(12)15/h6-8H,1-5H3,(H,17,18,19)(H,20,21,22). The molecule has 0 amide bonds. The van der Waals surface area contributed by atoms with Crippen LogP contribution in [-0.4, -0.2) is 25.9 Å². The van der Waals surface area contributed by atoms with E-state index in [4.69, 9.17) is 0 Å². The molecule has 2 N–H and O–H groups in total. The molecular weight excluding hydrogens is 352 g/mol. The normalized spacial score (nSPS) is 13.0. The van der Waals surface area contributed by atoms with E-state index in [9.17, 15) is 25.9 Å². The molecular formula is C16H20O6S2. The average molecular weight is 372 g/mol. The maximum absolute atomic E-state index is 11.7. The van der Waals surface area contributed by atoms with Gasteiger partial charge in [0.25, 0.3) is 20.2 Å². The molecule has 0 spiro atoms. The largest absolute Gasteiger partial charge is 0.294 e. The van der Waals surface area contributed by atoms with Crippen molar-refractivity contribution in [1.29, 1.82) is 0 Å². The van der Waals surface area contributed by atoms with E-state index in [1.54, 1.807) is 20.8 Å². The highest BCUT2D eigenvalue weighted by molar-refractivity contribution is 7.86. The fraction of sp³-hybridized carbons (Fsp3) is 0.375. The van der Waals surface area contributed by atoms with Gasteiger partial charge in [-0.1, -0.05) is 13.8 Å². The fourth-order valence-corrected chi connectivity index (χ4v) is 4.80. The van der Waals surface area contributed by atoms with Crippen LogP contribution in [0.4, 0.5) is 0 Å². The van der Waals surface area contributed by atoms with Crippen molar-refractivity contribution in [2.75, 3.05) is 0 Å². The van der Waals surface area contributed by atoms with Crippen LogP contribution >= 0.6 is 0 Å². The zero-order valence-electron chi connectivity index (χ0n) is 14.1. The lowest BCUT2D eigenvalue weighted by molar-refractivity contribution is 0.480. The van der Waals surface area contributed by atoms with Crippen LogP contribution in [-0.2, 0) is 20.2 Å². The fourth-order valence-electron chi connectivity index (χ4n) is 3.21. The van der Waals surface area contributed by atoms with Crippen LogP contribution in [0.5, 0.6) is 0 Å². The van der Waals surface area contributed by atoms with E-state index < -0.39 is 20.2 Å². The van der Waals surface area contributed by atoms with E-state index >= 15 is 0 Å². The van der Waals surface area contributed by atoms with Gasteiger partial charge in [0.15, 0.2) is 0 Å². The van der Waals surface area contributed by atoms with Crippen LogP contribution in [0.15, 0.2) is 21.9 Å². The quantitative estimate of drug-likeness (QED) is 0.800. The molecule has 0 aliphatic rings. The van der Waals surface area contributed by atoms with Gasteiger partial charge in [0.05, 0.1) is 9.79 Å². The molecule has 0 fully saturated rings. The SMILES string of the molecule is Cc1c(S(=O)(=O)O)cc2cc(S(=O)(=O)O)c(C)c(C(C)C)c2c1C. The summed E-state index contributed by atoms with van der Waals surface area (Å²) in [5, 5.41) is 1.08. The molecule has 2 aromatic carbocycles. The molecule has 2 rings (SSSR count). The van der Waals surface area contributed by atoms with E-state index in [-0.39, 0.29) is 15.7 Å². The highest BCUT2D eigenvalue weighted by Crippen LogP contribution is 2.38. The molecule has 132 valence electrons. The molecule has 2 aromatic rings. The number of aryl methyl sites for hydroxylation is 1. The lowest BCUT2D eigenvalue weighted by atomic mass is 9.88. The van der Waals surface area contributed by atoms with E-state index in [0.29, 0.717) is 22.1 Å². The molecule has 0 heterocycles. The first kappa shape index (κ1) is 18.9. The first-order valence-electron chi connectivity index (χ1n) is 7.29. The Kier molecular flexibility index (Phi) is 4.56. The van der Waals surface area contributed by atoms with E-state index in [1.165, 1.54) is 12.1 Å². The van der Waals surface area contributed by atoms with Crippen LogP contribution in [0.3, 0.4) is 0 Å². The Morgan fingerprint density at radius 2 is 1.21 bits per heavy atom. The Bertz CT molecular complexity index is 1040. The van der Waals surface area contributed by atoms with Gasteiger partial charge in [-0.3, -0.25) is 9.11 Å². The van der Waals surface area contributed by atoms with E-state index in [1.807, 2.05) is 13.8 Å². The summed E-state index contributed by atoms with van der Waals surface area (Å²) in [4.78, 5) is -0.532. The summed E-state index contributed by atoms with van der Waals surface area (Å²) in [5.41, 5.74) is 2.21. The predicted molar refractivity (Wildman–Crippen MR) is 91.9 cm³/mol. The summed E-state index contributed by atoms with van der Waals surface area (Å²) < 4.78 is 65.5. The Morgan fingerprint density at radius 1 is 0.792 bits per heavy atom. The van der Waals surface area contributed by atoms with Crippen LogP contribution in [0, 0.1) is 20.8 Å². The van der Waals surface area contributed by atoms with Gasteiger partial charge in [0.1, 0.15) is 0 Å². The minimum absolute atomic E-state index is 0.0520. The smallest absolute Gasteiger partial charge is 0.282 e. The van der Waals surface area contributed by atoms with E-state index in [0.717, 1.165) is 10.9 Å². The number of fused-ring (bicyclic) bond motifs is 1. The van der Waals surface area contributed by atoms with Crippen molar-refractivity contribution < 1.29 is 25.9 Å². The molecule has 0 bridgehead atoms. The van der Waals surface area contributed by atoms with Gasteiger partial charge in [-0.05, 0) is 71.8 Å². The molecule has 0 unspecified atom stereocenters. The third-order valence-electron chi connectivity index (χ3n) is 4.35. The third kappa shape index (κ3) is 3.06. The third-order valence-corrected chi connectivity index (χ3v) is 6.30. The van der Waals surface area contributed by atoms with Crippen molar-refractivity contribution in [3.05, 3.63) is 34.4 Å². The number of hydrogen-bond acceptors (Lipinski definition) is 4. The van der Waals surface area contributed by atoms with Gasteiger partial charge in [-0.25, -0.2) is 0 Å². The molecule has 0 aliphatic carbocycles. The summed E-state index contributed by atoms with van der Waals surface area (Å²) in [5.74, 6) is -0.0520. The van der Waals surface area contributed by atoms with Crippen molar-refractivity contribution in [2.24, 2.45) is 0 Å². The highest BCUT2D eigenvalue weighted by Gasteiger charge is 2.24. The Balaban J connectivity index is 3.19. The minimum atomic E-state index is -4.46. The zero-order valence-corrected chi connectivity index (χ0v) is 15.7. The van der Waals surface area contributed by atoms with Crippen molar-refractivity contribution in [3.8, 4) is 0 Å². The summed E-state index contributed by atoms with van der Waals surface area (Å²) >= 11 is 0. The maximum Gasteiger partial charge on any atom is 0.294 e. The van der Waals surface area contributed by atoms with Crippen molar-refractivity contribution in [3.63, 3.8) is 0 Å². The summed E-state index contributed by atoms with van der Waals surface area (Å²) in [7, 11) is -8.92. The second kappa shape index (κ2) is 5.80. The molecule has 0 aromatic heterocycles. The Labute approximate surface area is 142 Å². The van der Waals surface area contributed by atoms with E-state index in [2.05, 4.69) is 0 Å². The second-order valence-corrected chi connectivity index (χ2v) is 9.02. The highest BCUT2D eigenvalue weighted by atomic mass is 32.2. The van der Waals surface area contributed by atoms with Gasteiger partial charge in [0.2, 0.25) is 0 Å². The molecule has 0 saturated carbocycles. The Hall–Kier alpha value is -1.48. The number of hydrogen-bond donors (Lipinski definition) is 2. The summed E-state index contributed by atoms with van der Waals surface area (Å²) in [6.07, 6.45) is 0. The van der Waals surface area contributed by atoms with Crippen molar-refractivity contribution in [2.45, 2.75) is 50.3 Å². The predicted octanol–water partition coefficient (Wildman–Crippen LogP) is 3.38. The van der Waals surface area contributed by atoms with Crippen LogP contribution in [0.1, 0.15) is 42.0 Å². The average Bonchev–Trinajstić information content (AvgIpc) is 2.39. The van der Waals surface area contributed by atoms with Crippen molar-refractivity contribution >= 4 is 31.0 Å². The second-order valence-electron chi connectivity index (χ2n) is 6.24. The monoisotopic (exact) mass is 372 g/mol. The molecule has 0 saturated heterocycles. The molecule has 0 radical (unpaired) electrons. The van der Waals surface area contributed by atoms with Gasteiger partial charge in [-0.2, -0.15) is 16.8 Å². The van der Waals surface area contributed by atoms with Crippen LogP contribution in [0.25, 0.3) is 10.8 Å². The lowest BCUT2D eigenvalue weighted by Crippen LogP contribution is -2.08. The molecule has 0 atom stereocenters. The van der Waals surface area contributed by atoms with Crippen molar-refractivity contribution in [1.82, 2.24) is 0 Å². The Morgan fingerprint density at radius 3 is 1.58 bits per heavy atom. The first-order valence-corrected chi connectivity index (χ1v) is 10.2. The van der Waals surface area contributed by atoms with Gasteiger partial charge >= 0.3 is 0 Å². The molecule has 0 aliphatic heterocycles. The van der Waals surface area contributed by atoms with Crippen LogP contribution in [0.2, 0.25) is 0 Å². The topological polar surface area (TPSA) is 109 Å². The number of benzene rings is 2. The minimum Gasteiger partial charge on any atom is -0.282 e. The summed E-state index contributed by atoms with van der Waals surface area (Å²) in [6, 6.07) is 2.49. The lowest BCUT2D eigenvalue weighted by Gasteiger charge is -2.20. The van der Waals surface area contributed by atoms with Gasteiger partial charge < -0.3 is 0 Å². The zero-order chi connectivity index (χ0) is 18.6. The first-order chi connectivity index (χ1) is 10.8. The molecule has 8 heteroatoms. The van der Waals surface area contributed by atoms with Gasteiger partial charge in [-0.15, -0.1) is 0 Å². The number of rotatable bonds is 3. The summed E-state index contributed by atoms with van der Waals surface area (Å²) in [6.45, 7) is 8.71. The molecule has 24 heavy (non-hydrogen) atoms. The van der Waals surface area contributed by atoms with Gasteiger partial charge in [0, 0.05) is 0 Å².